The maximum Gasteiger partial charge on any atom is 0.240 e. The molecule has 3 rings (SSSR count). The van der Waals surface area contributed by atoms with Crippen molar-refractivity contribution in [1.29, 1.82) is 0 Å². The minimum atomic E-state index is -0.935. The van der Waals surface area contributed by atoms with Gasteiger partial charge in [-0.15, -0.1) is 0 Å². The summed E-state index contributed by atoms with van der Waals surface area (Å²) in [5, 5.41) is 2.93. The van der Waals surface area contributed by atoms with Gasteiger partial charge in [0.1, 0.15) is 6.04 Å². The molecule has 0 aliphatic heterocycles. The molecule has 4 nitrogen and oxygen atoms in total. The molecule has 154 valence electrons. The van der Waals surface area contributed by atoms with Gasteiger partial charge in [0.15, 0.2) is 0 Å². The Morgan fingerprint density at radius 3 is 1.77 bits per heavy atom. The topological polar surface area (TPSA) is 72.2 Å². The number of hydrogen-bond donors (Lipinski definition) is 2. The highest BCUT2D eigenvalue weighted by molar-refractivity contribution is 5.95. The molecule has 3 aromatic carbocycles. The van der Waals surface area contributed by atoms with Crippen LogP contribution in [-0.2, 0) is 21.4 Å². The molecule has 0 aromatic heterocycles. The molecule has 2 amide bonds. The van der Waals surface area contributed by atoms with Crippen LogP contribution in [0, 0.1) is 0 Å². The Labute approximate surface area is 178 Å². The number of hydrogen-bond acceptors (Lipinski definition) is 2. The number of rotatable bonds is 9. The second kappa shape index (κ2) is 9.88. The number of nitrogens with two attached hydrogens (primary N) is 1. The van der Waals surface area contributed by atoms with Crippen LogP contribution in [0.25, 0.3) is 0 Å². The van der Waals surface area contributed by atoms with Crippen LogP contribution in [0.2, 0.25) is 0 Å². The maximum absolute atomic E-state index is 13.5. The number of aryl methyl sites for hydroxylation is 1. The first-order valence-electron chi connectivity index (χ1n) is 10.3. The van der Waals surface area contributed by atoms with E-state index in [-0.39, 0.29) is 5.91 Å². The lowest BCUT2D eigenvalue weighted by molar-refractivity contribution is -0.130. The molecule has 0 aliphatic rings. The van der Waals surface area contributed by atoms with Crippen molar-refractivity contribution >= 4 is 11.8 Å². The van der Waals surface area contributed by atoms with E-state index in [1.54, 1.807) is 0 Å². The number of nitrogens with one attached hydrogen (secondary N) is 1. The third-order valence-electron chi connectivity index (χ3n) is 5.61. The summed E-state index contributed by atoms with van der Waals surface area (Å²) < 4.78 is 0. The van der Waals surface area contributed by atoms with Gasteiger partial charge in [0.2, 0.25) is 11.8 Å². The molecule has 0 spiro atoms. The lowest BCUT2D eigenvalue weighted by atomic mass is 9.75. The highest BCUT2D eigenvalue weighted by Gasteiger charge is 2.38. The molecule has 30 heavy (non-hydrogen) atoms. The largest absolute Gasteiger partial charge is 0.368 e. The van der Waals surface area contributed by atoms with Crippen LogP contribution in [-0.4, -0.2) is 17.9 Å². The molecular formula is C26H28N2O2. The van der Waals surface area contributed by atoms with Gasteiger partial charge in [0, 0.05) is 0 Å². The molecule has 3 N–H and O–H groups in total. The van der Waals surface area contributed by atoms with Gasteiger partial charge >= 0.3 is 0 Å². The number of primary amides is 1. The van der Waals surface area contributed by atoms with Crippen molar-refractivity contribution in [2.75, 3.05) is 0 Å². The van der Waals surface area contributed by atoms with E-state index in [2.05, 4.69) is 17.4 Å². The molecule has 0 bridgehead atoms. The fourth-order valence-electron chi connectivity index (χ4n) is 3.71. The lowest BCUT2D eigenvalue weighted by Crippen LogP contribution is -2.51. The highest BCUT2D eigenvalue weighted by Crippen LogP contribution is 2.32. The molecule has 0 unspecified atom stereocenters. The van der Waals surface area contributed by atoms with Gasteiger partial charge in [-0.25, -0.2) is 0 Å². The third kappa shape index (κ3) is 4.95. The van der Waals surface area contributed by atoms with E-state index in [4.69, 9.17) is 5.73 Å². The predicted octanol–water partition coefficient (Wildman–Crippen LogP) is 3.99. The summed E-state index contributed by atoms with van der Waals surface area (Å²) >= 11 is 0. The zero-order chi connectivity index (χ0) is 21.4. The summed E-state index contributed by atoms with van der Waals surface area (Å²) in [4.78, 5) is 25.6. The van der Waals surface area contributed by atoms with E-state index in [0.29, 0.717) is 6.42 Å². The Bertz CT molecular complexity index is 917. The molecule has 0 saturated carbocycles. The predicted molar refractivity (Wildman–Crippen MR) is 120 cm³/mol. The molecule has 0 saturated heterocycles. The zero-order valence-electron chi connectivity index (χ0n) is 17.3. The van der Waals surface area contributed by atoms with Crippen LogP contribution in [0.1, 0.15) is 36.5 Å². The normalized spacial score (nSPS) is 12.2. The van der Waals surface area contributed by atoms with Gasteiger partial charge in [0.05, 0.1) is 5.41 Å². The van der Waals surface area contributed by atoms with Crippen LogP contribution in [0.4, 0.5) is 0 Å². The quantitative estimate of drug-likeness (QED) is 0.570. The molecule has 0 fully saturated rings. The van der Waals surface area contributed by atoms with Crippen LogP contribution in [0.5, 0.6) is 0 Å². The molecule has 4 heteroatoms. The number of benzene rings is 3. The van der Waals surface area contributed by atoms with Crippen molar-refractivity contribution in [1.82, 2.24) is 5.32 Å². The Morgan fingerprint density at radius 2 is 1.30 bits per heavy atom. The van der Waals surface area contributed by atoms with Gasteiger partial charge in [-0.05, 0) is 42.9 Å². The number of carbonyl (C=O) groups is 2. The van der Waals surface area contributed by atoms with Crippen molar-refractivity contribution in [3.63, 3.8) is 0 Å². The lowest BCUT2D eigenvalue weighted by Gasteiger charge is -2.31. The first kappa shape index (κ1) is 21.3. The first-order valence-corrected chi connectivity index (χ1v) is 10.3. The average molecular weight is 401 g/mol. The van der Waals surface area contributed by atoms with E-state index in [0.717, 1.165) is 24.0 Å². The second-order valence-electron chi connectivity index (χ2n) is 7.66. The molecule has 0 aliphatic carbocycles. The molecular weight excluding hydrogens is 372 g/mol. The average Bonchev–Trinajstić information content (AvgIpc) is 2.79. The van der Waals surface area contributed by atoms with Crippen LogP contribution in [0.15, 0.2) is 91.0 Å². The highest BCUT2D eigenvalue weighted by atomic mass is 16.2. The van der Waals surface area contributed by atoms with Gasteiger partial charge < -0.3 is 11.1 Å². The van der Waals surface area contributed by atoms with Crippen LogP contribution >= 0.6 is 0 Å². The van der Waals surface area contributed by atoms with Gasteiger partial charge in [-0.1, -0.05) is 91.0 Å². The fourth-order valence-corrected chi connectivity index (χ4v) is 3.71. The summed E-state index contributed by atoms with van der Waals surface area (Å²) in [6, 6.07) is 28.6. The summed E-state index contributed by atoms with van der Waals surface area (Å²) in [7, 11) is 0. The zero-order valence-corrected chi connectivity index (χ0v) is 17.3. The third-order valence-corrected chi connectivity index (χ3v) is 5.61. The molecule has 3 aromatic rings. The minimum absolute atomic E-state index is 0.233. The Balaban J connectivity index is 1.78. The van der Waals surface area contributed by atoms with Crippen molar-refractivity contribution in [2.24, 2.45) is 5.73 Å². The number of carbonyl (C=O) groups excluding carboxylic acids is 2. The van der Waals surface area contributed by atoms with Gasteiger partial charge in [-0.2, -0.15) is 0 Å². The van der Waals surface area contributed by atoms with Gasteiger partial charge in [0.25, 0.3) is 0 Å². The van der Waals surface area contributed by atoms with E-state index >= 15 is 0 Å². The number of amides is 2. The van der Waals surface area contributed by atoms with Crippen LogP contribution in [0.3, 0.4) is 0 Å². The molecule has 0 heterocycles. The Kier molecular flexibility index (Phi) is 7.02. The molecule has 1 atom stereocenters. The monoisotopic (exact) mass is 400 g/mol. The van der Waals surface area contributed by atoms with E-state index in [1.165, 1.54) is 5.56 Å². The smallest absolute Gasteiger partial charge is 0.240 e. The van der Waals surface area contributed by atoms with Crippen molar-refractivity contribution in [2.45, 2.75) is 37.6 Å². The summed E-state index contributed by atoms with van der Waals surface area (Å²) in [5.41, 5.74) is 7.62. The maximum atomic E-state index is 13.5. The van der Waals surface area contributed by atoms with E-state index in [9.17, 15) is 9.59 Å². The van der Waals surface area contributed by atoms with Crippen molar-refractivity contribution < 1.29 is 9.59 Å². The Hall–Kier alpha value is -3.40. The fraction of sp³-hybridized carbons (Fsp3) is 0.231. The SMILES string of the molecule is CC(C(=O)N[C@@H](CCCc1ccccc1)C(N)=O)(c1ccccc1)c1ccccc1. The van der Waals surface area contributed by atoms with E-state index in [1.807, 2.05) is 85.8 Å². The summed E-state index contributed by atoms with van der Waals surface area (Å²) in [6.07, 6.45) is 2.08. The van der Waals surface area contributed by atoms with Crippen LogP contribution < -0.4 is 11.1 Å². The standard InChI is InChI=1S/C26H28N2O2/c1-26(21-15-7-3-8-16-21,22-17-9-4-10-18-22)25(30)28-23(24(27)29)19-11-14-20-12-5-2-6-13-20/h2-10,12-13,15-18,23H,11,14,19H2,1H3,(H2,27,29)(H,28,30)/t23-/m0/s1. The molecule has 0 radical (unpaired) electrons. The first-order chi connectivity index (χ1) is 14.5. The Morgan fingerprint density at radius 1 is 0.833 bits per heavy atom. The summed E-state index contributed by atoms with van der Waals surface area (Å²) in [6.45, 7) is 1.88. The summed E-state index contributed by atoms with van der Waals surface area (Å²) in [5.74, 6) is -0.747. The van der Waals surface area contributed by atoms with Crippen molar-refractivity contribution in [3.05, 3.63) is 108 Å². The van der Waals surface area contributed by atoms with Gasteiger partial charge in [-0.3, -0.25) is 9.59 Å². The van der Waals surface area contributed by atoms with E-state index < -0.39 is 17.4 Å². The second-order valence-corrected chi connectivity index (χ2v) is 7.66. The minimum Gasteiger partial charge on any atom is -0.368 e. The van der Waals surface area contributed by atoms with Crippen molar-refractivity contribution in [3.8, 4) is 0 Å².